The third-order valence-corrected chi connectivity index (χ3v) is 15.4. The van der Waals surface area contributed by atoms with Crippen molar-refractivity contribution in [1.82, 2.24) is 42.5 Å². The molecule has 3 saturated heterocycles. The fourth-order valence-electron chi connectivity index (χ4n) is 8.52. The zero-order chi connectivity index (χ0) is 54.9. The van der Waals surface area contributed by atoms with Crippen LogP contribution in [0.1, 0.15) is 98.3 Å². The van der Waals surface area contributed by atoms with Gasteiger partial charge in [0.25, 0.3) is 23.6 Å². The Morgan fingerprint density at radius 1 is 0.571 bits per heavy atom. The highest BCUT2D eigenvalue weighted by molar-refractivity contribution is 8.00. The molecule has 430 valence electrons. The molecule has 5 rings (SSSR count). The van der Waals surface area contributed by atoms with Gasteiger partial charge in [0.05, 0.1) is 83.3 Å². The summed E-state index contributed by atoms with van der Waals surface area (Å²) in [5, 5.41) is 23.5. The second-order valence-corrected chi connectivity index (χ2v) is 21.2. The molecule has 77 heavy (non-hydrogen) atoms. The Morgan fingerprint density at radius 3 is 1.64 bits per heavy atom. The summed E-state index contributed by atoms with van der Waals surface area (Å²) in [6.45, 7) is 8.14. The largest absolute Gasteiger partial charge is 0.379 e. The van der Waals surface area contributed by atoms with Crippen LogP contribution in [0.4, 0.5) is 15.3 Å². The van der Waals surface area contributed by atoms with E-state index in [4.69, 9.17) is 28.4 Å². The monoisotopic (exact) mass is 1120 g/mol. The number of hydrogen-bond acceptors (Lipinski definition) is 16. The number of carbonyl (C=O) groups excluding carboxylic acids is 8. The molecule has 23 nitrogen and oxygen atoms in total. The highest BCUT2D eigenvalue weighted by Crippen LogP contribution is 2.33. The van der Waals surface area contributed by atoms with Gasteiger partial charge in [0.1, 0.15) is 0 Å². The minimum absolute atomic E-state index is 0.00261. The Hall–Kier alpha value is -5.02. The highest BCUT2D eigenvalue weighted by Gasteiger charge is 2.42. The predicted octanol–water partition coefficient (Wildman–Crippen LogP) is 2.17. The molecule has 0 spiro atoms. The molecule has 4 aliphatic heterocycles. The molecule has 4 heterocycles. The number of hydrogen-bond donors (Lipinski definition) is 8. The van der Waals surface area contributed by atoms with Gasteiger partial charge in [0.15, 0.2) is 0 Å². The van der Waals surface area contributed by atoms with Crippen molar-refractivity contribution in [2.45, 2.75) is 107 Å². The van der Waals surface area contributed by atoms with Crippen molar-refractivity contribution in [2.75, 3.05) is 128 Å². The lowest BCUT2D eigenvalue weighted by Gasteiger charge is -2.17. The van der Waals surface area contributed by atoms with Crippen LogP contribution in [-0.4, -0.2) is 200 Å². The smallest absolute Gasteiger partial charge is 0.315 e. The number of anilines is 1. The molecule has 0 radical (unpaired) electrons. The molecule has 1 aromatic rings. The fourth-order valence-corrected chi connectivity index (χ4v) is 11.3. The molecule has 3 fully saturated rings. The Morgan fingerprint density at radius 2 is 1.08 bits per heavy atom. The Bertz CT molecular complexity index is 2060. The molecule has 0 bridgehead atoms. The summed E-state index contributed by atoms with van der Waals surface area (Å²) in [6.07, 6.45) is 10.5. The first kappa shape index (κ1) is 62.8. The molecule has 1 aromatic carbocycles. The van der Waals surface area contributed by atoms with Crippen molar-refractivity contribution >= 4 is 76.7 Å². The zero-order valence-corrected chi connectivity index (χ0v) is 46.1. The number of amides is 10. The summed E-state index contributed by atoms with van der Waals surface area (Å²) in [4.78, 5) is 99.5. The topological polar surface area (TPSA) is 291 Å². The van der Waals surface area contributed by atoms with Crippen molar-refractivity contribution < 1.29 is 66.8 Å². The zero-order valence-electron chi connectivity index (χ0n) is 44.5. The molecule has 25 heteroatoms. The van der Waals surface area contributed by atoms with Crippen LogP contribution in [0.2, 0.25) is 0 Å². The average molecular weight is 1120 g/mol. The van der Waals surface area contributed by atoms with E-state index < -0.39 is 23.6 Å². The van der Waals surface area contributed by atoms with Gasteiger partial charge in [0.2, 0.25) is 11.8 Å². The SMILES string of the molecule is CC1NC(=O)NC1CSCCCCCC(=O)NCCCOCCOCCOCCCNC(=O)c1cc(C(=O)NCCCOCCOCCOCCNC(=O)CCCCC2SCC3NC(=O)NC32)cc(N2C(=O)C=CC2=O)c1. The normalized spacial score (nSPS) is 19.4. The van der Waals surface area contributed by atoms with Crippen LogP contribution in [0, 0.1) is 0 Å². The van der Waals surface area contributed by atoms with Crippen LogP contribution in [0.25, 0.3) is 0 Å². The minimum atomic E-state index is -0.581. The van der Waals surface area contributed by atoms with Crippen molar-refractivity contribution in [3.05, 3.63) is 41.5 Å². The van der Waals surface area contributed by atoms with Crippen molar-refractivity contribution in [1.29, 1.82) is 0 Å². The van der Waals surface area contributed by atoms with Crippen LogP contribution < -0.4 is 47.4 Å². The third-order valence-electron chi connectivity index (χ3n) is 12.7. The van der Waals surface area contributed by atoms with Crippen LogP contribution >= 0.6 is 23.5 Å². The van der Waals surface area contributed by atoms with Crippen LogP contribution in [-0.2, 0) is 47.6 Å². The van der Waals surface area contributed by atoms with Crippen LogP contribution in [0.5, 0.6) is 0 Å². The van der Waals surface area contributed by atoms with Crippen LogP contribution in [0.15, 0.2) is 30.4 Å². The molecule has 0 aromatic heterocycles. The molecule has 10 amide bonds. The maximum absolute atomic E-state index is 13.2. The summed E-state index contributed by atoms with van der Waals surface area (Å²) in [6, 6.07) is 4.73. The maximum Gasteiger partial charge on any atom is 0.315 e. The maximum atomic E-state index is 13.2. The van der Waals surface area contributed by atoms with E-state index in [2.05, 4.69) is 42.5 Å². The molecular weight excluding hydrogens is 1040 g/mol. The predicted molar refractivity (Wildman–Crippen MR) is 292 cm³/mol. The number of rotatable bonds is 43. The van der Waals surface area contributed by atoms with Crippen molar-refractivity contribution in [3.63, 3.8) is 0 Å². The van der Waals surface area contributed by atoms with E-state index in [1.165, 1.54) is 18.2 Å². The molecule has 5 atom stereocenters. The minimum Gasteiger partial charge on any atom is -0.379 e. The quantitative estimate of drug-likeness (QED) is 0.0264. The van der Waals surface area contributed by atoms with Gasteiger partial charge in [-0.05, 0) is 75.8 Å². The first-order valence-corrected chi connectivity index (χ1v) is 29.3. The second-order valence-electron chi connectivity index (χ2n) is 18.8. The second kappa shape index (κ2) is 37.0. The number of imide groups is 1. The van der Waals surface area contributed by atoms with E-state index in [0.717, 1.165) is 72.8 Å². The average Bonchev–Trinajstić information content (AvgIpc) is 4.17. The van der Waals surface area contributed by atoms with Gasteiger partial charge in [-0.3, -0.25) is 28.8 Å². The van der Waals surface area contributed by atoms with Crippen LogP contribution in [0.3, 0.4) is 0 Å². The van der Waals surface area contributed by atoms with Gasteiger partial charge in [-0.2, -0.15) is 23.5 Å². The summed E-state index contributed by atoms with van der Waals surface area (Å²) in [5.41, 5.74) is 0.306. The summed E-state index contributed by atoms with van der Waals surface area (Å²) >= 11 is 3.70. The summed E-state index contributed by atoms with van der Waals surface area (Å²) in [7, 11) is 0. The molecule has 5 unspecified atom stereocenters. The number of carbonyl (C=O) groups is 8. The van der Waals surface area contributed by atoms with E-state index >= 15 is 0 Å². The number of nitrogens with one attached hydrogen (secondary N) is 8. The standard InChI is InChI=1S/C52H81N9O14S2/c1-37-41(58-51(68)57-37)35-76-31-6-2-3-11-44(62)53-15-7-19-70-23-27-74-28-24-71-20-8-16-55-49(66)38-32-39(34-40(33-38)61-46(64)13-14-47(61)65)50(67)56-17-9-21-72-25-29-75-30-26-73-22-18-54-45(63)12-5-4-10-43-48-42(36-77-43)59-52(69)60-48/h13-14,32-34,37,41-43,48H,2-12,15-31,35-36H2,1H3,(H,53,62)(H,54,63)(H,55,66)(H,56,67)(H2,57,58,68)(H2,59,60,69). The number of thioether (sulfide) groups is 2. The number of unbranched alkanes of at least 4 members (excludes halogenated alkanes) is 3. The van der Waals surface area contributed by atoms with E-state index in [0.29, 0.717) is 130 Å². The lowest BCUT2D eigenvalue weighted by atomic mass is 10.0. The number of benzene rings is 1. The number of urea groups is 2. The molecule has 0 aliphatic carbocycles. The summed E-state index contributed by atoms with van der Waals surface area (Å²) < 4.78 is 33.5. The lowest BCUT2D eigenvalue weighted by molar-refractivity contribution is -0.122. The summed E-state index contributed by atoms with van der Waals surface area (Å²) in [5.74, 6) is 0.736. The Balaban J connectivity index is 0.806. The van der Waals surface area contributed by atoms with Gasteiger partial charge < -0.3 is 71.0 Å². The molecule has 8 N–H and O–H groups in total. The first-order valence-electron chi connectivity index (χ1n) is 27.1. The Kier molecular flexibility index (Phi) is 30.2. The van der Waals surface area contributed by atoms with E-state index in [9.17, 15) is 38.4 Å². The van der Waals surface area contributed by atoms with Gasteiger partial charge in [-0.15, -0.1) is 0 Å². The lowest BCUT2D eigenvalue weighted by Crippen LogP contribution is -2.36. The molecule has 0 saturated carbocycles. The van der Waals surface area contributed by atoms with Gasteiger partial charge >= 0.3 is 12.1 Å². The first-order chi connectivity index (χ1) is 37.5. The highest BCUT2D eigenvalue weighted by atomic mass is 32.2. The van der Waals surface area contributed by atoms with Gasteiger partial charge in [0, 0.05) is 105 Å². The third kappa shape index (κ3) is 24.7. The fraction of sp³-hybridized carbons (Fsp3) is 0.692. The van der Waals surface area contributed by atoms with E-state index in [1.54, 1.807) is 0 Å². The van der Waals surface area contributed by atoms with Crippen molar-refractivity contribution in [3.8, 4) is 0 Å². The van der Waals surface area contributed by atoms with E-state index in [-0.39, 0.29) is 77.9 Å². The molecule has 4 aliphatic rings. The number of nitrogens with zero attached hydrogens (tertiary/aromatic N) is 1. The number of fused-ring (bicyclic) bond motifs is 1. The Labute approximate surface area is 460 Å². The van der Waals surface area contributed by atoms with Crippen molar-refractivity contribution in [2.24, 2.45) is 0 Å². The van der Waals surface area contributed by atoms with E-state index in [1.807, 2.05) is 30.4 Å². The molecular formula is C52H81N9O14S2. The van der Waals surface area contributed by atoms with Gasteiger partial charge in [-0.25, -0.2) is 14.5 Å². The number of ether oxygens (including phenoxy) is 6. The van der Waals surface area contributed by atoms with Gasteiger partial charge in [-0.1, -0.05) is 12.8 Å².